The third kappa shape index (κ3) is 26.3. The van der Waals surface area contributed by atoms with Gasteiger partial charge in [-0.1, -0.05) is 78.3 Å². The number of nitrogens with zero attached hydrogens (tertiary/aromatic N) is 2. The van der Waals surface area contributed by atoms with Crippen molar-refractivity contribution < 1.29 is 82.4 Å². The number of fused-ring (bicyclic) bond motifs is 1. The summed E-state index contributed by atoms with van der Waals surface area (Å²) in [5.41, 5.74) is 24.4. The lowest BCUT2D eigenvalue weighted by Crippen LogP contribution is -2.61. The summed E-state index contributed by atoms with van der Waals surface area (Å²) >= 11 is 1.35. The number of thioether (sulfide) groups is 1. The minimum atomic E-state index is -1.81. The highest BCUT2D eigenvalue weighted by atomic mass is 32.2. The van der Waals surface area contributed by atoms with Crippen LogP contribution in [0.25, 0.3) is 10.9 Å². The number of benzene rings is 2. The molecule has 2 fully saturated rings. The van der Waals surface area contributed by atoms with Gasteiger partial charge in [0.15, 0.2) is 0 Å². The Bertz CT molecular complexity index is 3520. The summed E-state index contributed by atoms with van der Waals surface area (Å²) in [5, 5.41) is 54.6. The number of hydrogen-bond donors (Lipinski definition) is 17. The van der Waals surface area contributed by atoms with Crippen LogP contribution in [-0.4, -0.2) is 223 Å². The second-order valence-corrected chi connectivity index (χ2v) is 28.9. The number of aliphatic hydroxyl groups is 1. The standard InChI is InChI=1S/C71H108N16O17S/c1-9-39(6)59(71(104)86-27-14-19-54(86)60(75)93)85-67(100)52(35-57(91)92)82-65(98)50(33-42-36-76-45-17-11-10-16-44(42)45)81-61(94)46(18-12-13-26-72)78-68(101)55-20-15-28-87(55)70(103)53(31-38(4)5)84-62(95)47(25-29-105-8)77-64(97)49(32-41-21-23-43(89)24-22-41)80-63(96)48(30-37(2)3)79-66(99)51(34-56(73)90)83-69(102)58(74)40(7)88/h10-11,16-17,21-24,36-40,46-55,58-59,76,88-89H,9,12-15,18-20,25-35,72,74H2,1-8H3,(H2,73,90)(H2,75,93)(H,77,97)(H,78,101)(H,79,99)(H,80,96)(H,81,94)(H,82,98)(H,83,102)(H,84,95)(H,85,100)(H,91,92)/t39-,40+,46-,47-,48-,49-,50-,51-,52-,53-,54-,55-,58-,59-/m0/s1. The Morgan fingerprint density at radius 2 is 1.08 bits per heavy atom. The van der Waals surface area contributed by atoms with E-state index in [1.807, 2.05) is 13.8 Å². The lowest BCUT2D eigenvalue weighted by Gasteiger charge is -2.32. The molecule has 33 nitrogen and oxygen atoms in total. The van der Waals surface area contributed by atoms with E-state index in [1.54, 1.807) is 64.4 Å². The quantitative estimate of drug-likeness (QED) is 0.0289. The SMILES string of the molecule is CC[C@H](C)[C@H](NC(=O)[C@H](CC(=O)O)NC(=O)[C@H](Cc1c[nH]c2ccccc12)NC(=O)[C@H](CCCCN)NC(=O)[C@@H]1CCCN1C(=O)[C@H](CC(C)C)NC(=O)[C@H](CCSC)NC(=O)[C@H](Cc1ccc(O)cc1)NC(=O)[C@H](CC(C)C)NC(=O)[C@H](CC(N)=O)NC(=O)[C@@H](N)[C@@H](C)O)C(=O)N1CCC[C@H]1C(N)=O. The molecule has 1 aromatic heterocycles. The number of aromatic amines is 1. The van der Waals surface area contributed by atoms with Gasteiger partial charge in [0, 0.05) is 43.0 Å². The predicted molar refractivity (Wildman–Crippen MR) is 390 cm³/mol. The third-order valence-corrected chi connectivity index (χ3v) is 19.2. The number of carbonyl (C=O) groups is 14. The summed E-state index contributed by atoms with van der Waals surface area (Å²) < 4.78 is 0. The normalized spacial score (nSPS) is 17.8. The first kappa shape index (κ1) is 86.2. The topological polar surface area (TPSA) is 534 Å². The number of aromatic hydroxyl groups is 1. The van der Waals surface area contributed by atoms with Gasteiger partial charge in [0.1, 0.15) is 78.3 Å². The Kier molecular flexibility index (Phi) is 34.4. The molecule has 3 heterocycles. The lowest BCUT2D eigenvalue weighted by atomic mass is 9.96. The predicted octanol–water partition coefficient (Wildman–Crippen LogP) is -1.43. The molecule has 105 heavy (non-hydrogen) atoms. The third-order valence-electron chi connectivity index (χ3n) is 18.6. The molecule has 0 spiro atoms. The molecule has 34 heteroatoms. The summed E-state index contributed by atoms with van der Waals surface area (Å²) in [5.74, 6) is -13.6. The number of phenolic OH excluding ortho intramolecular Hbond substituents is 1. The number of amides is 13. The van der Waals surface area contributed by atoms with Crippen molar-refractivity contribution in [3.8, 4) is 5.75 Å². The number of phenols is 1. The van der Waals surface area contributed by atoms with Crippen molar-refractivity contribution in [2.24, 2.45) is 40.7 Å². The van der Waals surface area contributed by atoms with Crippen LogP contribution in [0.4, 0.5) is 0 Å². The molecule has 13 amide bonds. The fourth-order valence-corrected chi connectivity index (χ4v) is 13.1. The van der Waals surface area contributed by atoms with Crippen LogP contribution >= 0.6 is 11.8 Å². The number of carboxylic acid groups (broad SMARTS) is 1. The zero-order valence-corrected chi connectivity index (χ0v) is 61.9. The summed E-state index contributed by atoms with van der Waals surface area (Å²) in [4.78, 5) is 201. The van der Waals surface area contributed by atoms with Crippen LogP contribution in [0.2, 0.25) is 0 Å². The first-order valence-electron chi connectivity index (χ1n) is 35.8. The zero-order valence-electron chi connectivity index (χ0n) is 61.0. The number of aliphatic hydroxyl groups excluding tert-OH is 1. The van der Waals surface area contributed by atoms with Crippen molar-refractivity contribution >= 4 is 105 Å². The van der Waals surface area contributed by atoms with Gasteiger partial charge in [-0.15, -0.1) is 0 Å². The van der Waals surface area contributed by atoms with Crippen LogP contribution in [-0.2, 0) is 80.0 Å². The van der Waals surface area contributed by atoms with Crippen molar-refractivity contribution in [1.29, 1.82) is 0 Å². The number of carboxylic acids is 1. The molecule has 2 aromatic carbocycles. The number of para-hydroxylation sites is 1. The molecule has 0 aliphatic carbocycles. The van der Waals surface area contributed by atoms with Gasteiger partial charge in [-0.05, 0) is 137 Å². The molecule has 3 aromatic rings. The Morgan fingerprint density at radius 1 is 0.581 bits per heavy atom. The van der Waals surface area contributed by atoms with Gasteiger partial charge in [-0.3, -0.25) is 67.1 Å². The van der Waals surface area contributed by atoms with Crippen LogP contribution in [0.5, 0.6) is 5.75 Å². The van der Waals surface area contributed by atoms with Crippen molar-refractivity contribution in [1.82, 2.24) is 62.6 Å². The number of hydrogen-bond acceptors (Lipinski definition) is 19. The van der Waals surface area contributed by atoms with E-state index in [4.69, 9.17) is 22.9 Å². The Labute approximate surface area is 615 Å². The molecule has 21 N–H and O–H groups in total. The Morgan fingerprint density at radius 3 is 1.65 bits per heavy atom. The van der Waals surface area contributed by atoms with Crippen LogP contribution < -0.4 is 70.8 Å². The van der Waals surface area contributed by atoms with E-state index in [9.17, 15) is 77.6 Å². The molecule has 580 valence electrons. The fraction of sp³-hybridized carbons (Fsp3) is 0.606. The first-order chi connectivity index (χ1) is 49.7. The minimum Gasteiger partial charge on any atom is -0.508 e. The maximum atomic E-state index is 15.0. The summed E-state index contributed by atoms with van der Waals surface area (Å²) in [6, 6.07) is -3.98. The highest BCUT2D eigenvalue weighted by Crippen LogP contribution is 2.25. The molecule has 2 saturated heterocycles. The molecule has 0 unspecified atom stereocenters. The number of nitrogens with one attached hydrogen (secondary N) is 10. The van der Waals surface area contributed by atoms with E-state index in [2.05, 4.69) is 52.8 Å². The number of primary amides is 2. The van der Waals surface area contributed by atoms with E-state index in [1.165, 1.54) is 52.8 Å². The number of H-pyrrole nitrogens is 1. The number of aromatic nitrogens is 1. The summed E-state index contributed by atoms with van der Waals surface area (Å²) in [6.07, 6.45) is 2.19. The van der Waals surface area contributed by atoms with Crippen molar-refractivity contribution in [3.05, 3.63) is 65.9 Å². The van der Waals surface area contributed by atoms with Crippen LogP contribution in [0.1, 0.15) is 143 Å². The van der Waals surface area contributed by atoms with Gasteiger partial charge in [0.25, 0.3) is 0 Å². The molecule has 0 saturated carbocycles. The van der Waals surface area contributed by atoms with Gasteiger partial charge in [-0.2, -0.15) is 11.8 Å². The van der Waals surface area contributed by atoms with Crippen molar-refractivity contribution in [2.45, 2.75) is 223 Å². The number of unbranched alkanes of at least 4 members (excludes halogenated alkanes) is 1. The smallest absolute Gasteiger partial charge is 0.305 e. The van der Waals surface area contributed by atoms with E-state index in [0.29, 0.717) is 66.3 Å². The number of aliphatic carboxylic acids is 1. The van der Waals surface area contributed by atoms with Crippen molar-refractivity contribution in [3.63, 3.8) is 0 Å². The maximum Gasteiger partial charge on any atom is 0.305 e. The Balaban J connectivity index is 1.40. The molecule has 0 radical (unpaired) electrons. The highest BCUT2D eigenvalue weighted by Gasteiger charge is 2.43. The van der Waals surface area contributed by atoms with E-state index < -0.39 is 180 Å². The molecule has 2 aliphatic rings. The Hall–Kier alpha value is -9.41. The van der Waals surface area contributed by atoms with E-state index in [0.717, 1.165) is 0 Å². The second kappa shape index (κ2) is 41.9. The zero-order chi connectivity index (χ0) is 77.9. The number of rotatable bonds is 43. The fourth-order valence-electron chi connectivity index (χ4n) is 12.6. The number of carbonyl (C=O) groups excluding carboxylic acids is 13. The monoisotopic (exact) mass is 1490 g/mol. The van der Waals surface area contributed by atoms with Gasteiger partial charge in [0.05, 0.1) is 18.9 Å². The summed E-state index contributed by atoms with van der Waals surface area (Å²) in [6.45, 7) is 12.2. The van der Waals surface area contributed by atoms with Crippen LogP contribution in [0, 0.1) is 17.8 Å². The summed E-state index contributed by atoms with van der Waals surface area (Å²) in [7, 11) is 0. The number of nitrogens with two attached hydrogens (primary N) is 4. The maximum absolute atomic E-state index is 15.0. The molecular formula is C71H108N16O17S. The van der Waals surface area contributed by atoms with E-state index >= 15 is 4.79 Å². The van der Waals surface area contributed by atoms with Gasteiger partial charge >= 0.3 is 5.97 Å². The lowest BCUT2D eigenvalue weighted by molar-refractivity contribution is -0.144. The van der Waals surface area contributed by atoms with Crippen LogP contribution in [0.3, 0.4) is 0 Å². The molecule has 14 atom stereocenters. The van der Waals surface area contributed by atoms with Gasteiger partial charge < -0.3 is 101 Å². The van der Waals surface area contributed by atoms with Crippen LogP contribution in [0.15, 0.2) is 54.7 Å². The molecule has 0 bridgehead atoms. The van der Waals surface area contributed by atoms with Gasteiger partial charge in [0.2, 0.25) is 76.8 Å². The molecule has 2 aliphatic heterocycles. The number of likely N-dealkylation sites (tertiary alicyclic amines) is 2. The minimum absolute atomic E-state index is 0.00484. The van der Waals surface area contributed by atoms with E-state index in [-0.39, 0.29) is 82.2 Å². The van der Waals surface area contributed by atoms with Gasteiger partial charge in [-0.25, -0.2) is 0 Å². The first-order valence-corrected chi connectivity index (χ1v) is 37.2. The highest BCUT2D eigenvalue weighted by molar-refractivity contribution is 7.98. The average Bonchev–Trinajstić information content (AvgIpc) is 1.73. The average molecular weight is 1490 g/mol. The van der Waals surface area contributed by atoms with Crippen molar-refractivity contribution in [2.75, 3.05) is 31.6 Å². The largest absolute Gasteiger partial charge is 0.508 e. The molecular weight excluding hydrogens is 1380 g/mol. The second-order valence-electron chi connectivity index (χ2n) is 27.9. The molecule has 5 rings (SSSR count).